The number of nitrogens with one attached hydrogen (secondary N) is 2. The first-order valence-corrected chi connectivity index (χ1v) is 18.4. The van der Waals surface area contributed by atoms with Crippen LogP contribution in [0.2, 0.25) is 0 Å². The fourth-order valence-electron chi connectivity index (χ4n) is 6.57. The summed E-state index contributed by atoms with van der Waals surface area (Å²) in [6.45, 7) is 14.7. The number of amides is 2. The summed E-state index contributed by atoms with van der Waals surface area (Å²) in [6, 6.07) is 18.0. The first kappa shape index (κ1) is 36.9. The van der Waals surface area contributed by atoms with Crippen LogP contribution in [0, 0.1) is 11.3 Å². The standard InChI is InChI=1S/C41H50N4O4S/c1-25(39(48)49)44-37(46)33(45-38(47)34-20-21-35(50-34)41(5,6)7)22-26-8-10-30(11-9-26)36-42-23-31(24-43-36)29-14-12-27(13-15-29)28-16-18-32(19-17-28)40(2,3)4/h8-15,20-21,23-25,28,32-33H,16-19,22H2,1-7H3,(H,44,46)(H,45,47)(H,48,49)/t25-,28-,32-,33+/m1/s1. The number of rotatable bonds is 10. The zero-order valence-corrected chi connectivity index (χ0v) is 31.1. The minimum absolute atomic E-state index is 0.112. The number of carboxylic acids is 1. The Labute approximate surface area is 300 Å². The number of aliphatic carboxylic acids is 1. The van der Waals surface area contributed by atoms with E-state index in [4.69, 9.17) is 0 Å². The second-order valence-corrected chi connectivity index (χ2v) is 16.8. The van der Waals surface area contributed by atoms with Crippen molar-refractivity contribution in [3.05, 3.63) is 93.9 Å². The lowest BCUT2D eigenvalue weighted by molar-refractivity contribution is -0.141. The number of hydrogen-bond donors (Lipinski definition) is 3. The van der Waals surface area contributed by atoms with E-state index in [1.54, 1.807) is 6.07 Å². The summed E-state index contributed by atoms with van der Waals surface area (Å²) >= 11 is 1.38. The van der Waals surface area contributed by atoms with Crippen LogP contribution in [0.15, 0.2) is 73.1 Å². The molecule has 9 heteroatoms. The van der Waals surface area contributed by atoms with Crippen molar-refractivity contribution in [2.45, 2.75) is 104 Å². The smallest absolute Gasteiger partial charge is 0.325 e. The van der Waals surface area contributed by atoms with Gasteiger partial charge >= 0.3 is 5.97 Å². The van der Waals surface area contributed by atoms with Gasteiger partial charge in [-0.15, -0.1) is 11.3 Å². The number of carbonyl (C=O) groups is 3. The third-order valence-corrected chi connectivity index (χ3v) is 11.4. The van der Waals surface area contributed by atoms with Crippen molar-refractivity contribution in [1.82, 2.24) is 20.6 Å². The second kappa shape index (κ2) is 15.3. The molecule has 8 nitrogen and oxygen atoms in total. The lowest BCUT2D eigenvalue weighted by Crippen LogP contribution is -2.51. The first-order chi connectivity index (χ1) is 23.6. The molecule has 2 amide bonds. The number of nitrogens with zero attached hydrogens (tertiary/aromatic N) is 2. The summed E-state index contributed by atoms with van der Waals surface area (Å²) in [5.41, 5.74) is 5.33. The molecule has 1 aliphatic rings. The zero-order valence-electron chi connectivity index (χ0n) is 30.2. The highest BCUT2D eigenvalue weighted by Gasteiger charge is 2.30. The predicted molar refractivity (Wildman–Crippen MR) is 200 cm³/mol. The van der Waals surface area contributed by atoms with E-state index in [9.17, 15) is 19.5 Å². The molecule has 3 N–H and O–H groups in total. The minimum Gasteiger partial charge on any atom is -0.480 e. The normalized spacial score (nSPS) is 17.8. The molecule has 1 aliphatic carbocycles. The van der Waals surface area contributed by atoms with Crippen LogP contribution < -0.4 is 10.6 Å². The van der Waals surface area contributed by atoms with Crippen LogP contribution in [0.25, 0.3) is 22.5 Å². The van der Waals surface area contributed by atoms with Crippen molar-refractivity contribution in [2.24, 2.45) is 11.3 Å². The molecule has 0 aliphatic heterocycles. The van der Waals surface area contributed by atoms with Crippen LogP contribution >= 0.6 is 11.3 Å². The van der Waals surface area contributed by atoms with Gasteiger partial charge in [-0.1, -0.05) is 90.1 Å². The van der Waals surface area contributed by atoms with E-state index < -0.39 is 24.0 Å². The van der Waals surface area contributed by atoms with E-state index in [2.05, 4.69) is 86.4 Å². The maximum Gasteiger partial charge on any atom is 0.325 e. The van der Waals surface area contributed by atoms with Crippen LogP contribution in [-0.2, 0) is 21.4 Å². The highest BCUT2D eigenvalue weighted by Crippen LogP contribution is 2.43. The molecule has 4 aromatic rings. The molecule has 0 spiro atoms. The topological polar surface area (TPSA) is 121 Å². The van der Waals surface area contributed by atoms with Crippen molar-refractivity contribution in [3.8, 4) is 22.5 Å². The molecule has 0 unspecified atom stereocenters. The predicted octanol–water partition coefficient (Wildman–Crippen LogP) is 8.42. The summed E-state index contributed by atoms with van der Waals surface area (Å²) in [5.74, 6) is -0.0905. The van der Waals surface area contributed by atoms with Gasteiger partial charge in [-0.3, -0.25) is 14.4 Å². The van der Waals surface area contributed by atoms with Gasteiger partial charge in [0.15, 0.2) is 5.82 Å². The molecule has 0 saturated heterocycles. The second-order valence-electron chi connectivity index (χ2n) is 15.7. The van der Waals surface area contributed by atoms with Gasteiger partial charge in [0.05, 0.1) is 4.88 Å². The number of carbonyl (C=O) groups excluding carboxylic acids is 2. The maximum atomic E-state index is 13.2. The van der Waals surface area contributed by atoms with Crippen LogP contribution in [-0.4, -0.2) is 44.9 Å². The lowest BCUT2D eigenvalue weighted by atomic mass is 9.68. The molecule has 2 atom stereocenters. The van der Waals surface area contributed by atoms with Gasteiger partial charge in [-0.25, -0.2) is 9.97 Å². The van der Waals surface area contributed by atoms with Crippen LogP contribution in [0.1, 0.15) is 106 Å². The summed E-state index contributed by atoms with van der Waals surface area (Å²) in [7, 11) is 0. The van der Waals surface area contributed by atoms with E-state index >= 15 is 0 Å². The fraction of sp³-hybridized carbons (Fsp3) is 0.439. The molecule has 0 bridgehead atoms. The first-order valence-electron chi connectivity index (χ1n) is 17.5. The number of benzene rings is 2. The summed E-state index contributed by atoms with van der Waals surface area (Å²) < 4.78 is 0. The Bertz CT molecular complexity index is 1780. The molecule has 5 rings (SSSR count). The fourth-order valence-corrected chi connectivity index (χ4v) is 7.54. The number of aromatic nitrogens is 2. The largest absolute Gasteiger partial charge is 0.480 e. The van der Waals surface area contributed by atoms with Crippen LogP contribution in [0.4, 0.5) is 0 Å². The third kappa shape index (κ3) is 9.24. The third-order valence-electron chi connectivity index (χ3n) is 9.89. The van der Waals surface area contributed by atoms with Crippen LogP contribution in [0.5, 0.6) is 0 Å². The molecule has 2 aromatic carbocycles. The van der Waals surface area contributed by atoms with Crippen LogP contribution in [0.3, 0.4) is 0 Å². The number of carboxylic acid groups (broad SMARTS) is 1. The molecular formula is C41H50N4O4S. The zero-order chi connectivity index (χ0) is 36.2. The molecule has 1 fully saturated rings. The maximum absolute atomic E-state index is 13.2. The number of thiophene rings is 1. The van der Waals surface area contributed by atoms with E-state index in [1.807, 2.05) is 42.7 Å². The van der Waals surface area contributed by atoms with E-state index in [0.717, 1.165) is 33.0 Å². The SMILES string of the molecule is C[C@@H](NC(=O)[C@H](Cc1ccc(-c2ncc(-c3ccc([C@H]4CC[C@H](C(C)(C)C)CC4)cc3)cn2)cc1)NC(=O)c1ccc(C(C)(C)C)s1)C(=O)O. The van der Waals surface area contributed by atoms with Crippen molar-refractivity contribution in [1.29, 1.82) is 0 Å². The Kier molecular flexibility index (Phi) is 11.3. The summed E-state index contributed by atoms with van der Waals surface area (Å²) in [4.78, 5) is 48.6. The molecule has 2 heterocycles. The van der Waals surface area contributed by atoms with Crippen molar-refractivity contribution in [3.63, 3.8) is 0 Å². The van der Waals surface area contributed by atoms with Gasteiger partial charge in [0.25, 0.3) is 5.91 Å². The van der Waals surface area contributed by atoms with Gasteiger partial charge < -0.3 is 15.7 Å². The van der Waals surface area contributed by atoms with Gasteiger partial charge in [-0.2, -0.15) is 0 Å². The minimum atomic E-state index is -1.15. The summed E-state index contributed by atoms with van der Waals surface area (Å²) in [5, 5.41) is 14.7. The van der Waals surface area contributed by atoms with E-state index in [1.165, 1.54) is 49.5 Å². The van der Waals surface area contributed by atoms with E-state index in [-0.39, 0.29) is 17.7 Å². The average Bonchev–Trinajstić information content (AvgIpc) is 3.60. The molecule has 0 radical (unpaired) electrons. The Morgan fingerprint density at radius 3 is 1.94 bits per heavy atom. The Morgan fingerprint density at radius 2 is 1.40 bits per heavy atom. The van der Waals surface area contributed by atoms with E-state index in [0.29, 0.717) is 22.0 Å². The Balaban J connectivity index is 1.24. The molecule has 264 valence electrons. The van der Waals surface area contributed by atoms with Gasteiger partial charge in [0.1, 0.15) is 12.1 Å². The molecule has 1 saturated carbocycles. The van der Waals surface area contributed by atoms with Gasteiger partial charge in [0.2, 0.25) is 5.91 Å². The van der Waals surface area contributed by atoms with Gasteiger partial charge in [0, 0.05) is 34.8 Å². The Morgan fingerprint density at radius 1 is 0.800 bits per heavy atom. The van der Waals surface area contributed by atoms with Crippen molar-refractivity contribution >= 4 is 29.1 Å². The number of hydrogen-bond acceptors (Lipinski definition) is 6. The molecular weight excluding hydrogens is 645 g/mol. The molecule has 50 heavy (non-hydrogen) atoms. The Hall–Kier alpha value is -4.37. The highest BCUT2D eigenvalue weighted by molar-refractivity contribution is 7.14. The quantitative estimate of drug-likeness (QED) is 0.153. The van der Waals surface area contributed by atoms with Gasteiger partial charge in [-0.05, 0) is 84.1 Å². The monoisotopic (exact) mass is 694 g/mol. The van der Waals surface area contributed by atoms with Crippen molar-refractivity contribution in [2.75, 3.05) is 0 Å². The highest BCUT2D eigenvalue weighted by atomic mass is 32.1. The summed E-state index contributed by atoms with van der Waals surface area (Å²) in [6.07, 6.45) is 8.94. The average molecular weight is 695 g/mol. The molecule has 2 aromatic heterocycles. The lowest BCUT2D eigenvalue weighted by Gasteiger charge is -2.37. The van der Waals surface area contributed by atoms with Crippen molar-refractivity contribution < 1.29 is 19.5 Å².